The molecule has 0 atom stereocenters. The van der Waals surface area contributed by atoms with Crippen LogP contribution in [-0.4, -0.2) is 27.2 Å². The quantitative estimate of drug-likeness (QED) is 0.617. The molecular weight excluding hydrogens is 452 g/mol. The van der Waals surface area contributed by atoms with E-state index in [2.05, 4.69) is 15.4 Å². The van der Waals surface area contributed by atoms with Gasteiger partial charge in [-0.15, -0.1) is 0 Å². The maximum atomic E-state index is 13.8. The lowest BCUT2D eigenvalue weighted by molar-refractivity contribution is -0.143. The zero-order valence-electron chi connectivity index (χ0n) is 18.7. The number of amides is 1. The first kappa shape index (κ1) is 24.8. The Morgan fingerprint density at radius 3 is 2.30 bits per heavy atom. The molecule has 1 amide bonds. The van der Waals surface area contributed by atoms with Crippen LogP contribution in [0.15, 0.2) is 12.1 Å². The van der Waals surface area contributed by atoms with Gasteiger partial charge in [0.1, 0.15) is 17.1 Å². The lowest BCUT2D eigenvalue weighted by Gasteiger charge is -2.31. The number of aryl methyl sites for hydroxylation is 2. The second-order valence-corrected chi connectivity index (χ2v) is 9.30. The summed E-state index contributed by atoms with van der Waals surface area (Å²) in [5.74, 6) is -1.14. The second-order valence-electron chi connectivity index (χ2n) is 9.30. The second kappa shape index (κ2) is 8.53. The van der Waals surface area contributed by atoms with Gasteiger partial charge in [-0.2, -0.15) is 31.4 Å². The van der Waals surface area contributed by atoms with Crippen molar-refractivity contribution in [3.8, 4) is 0 Å². The van der Waals surface area contributed by atoms with Crippen LogP contribution in [0.1, 0.15) is 56.3 Å². The maximum absolute atomic E-state index is 13.8. The molecule has 0 aromatic carbocycles. The first-order valence-electron chi connectivity index (χ1n) is 10.3. The predicted molar refractivity (Wildman–Crippen MR) is 110 cm³/mol. The monoisotopic (exact) mass is 477 g/mol. The zero-order valence-corrected chi connectivity index (χ0v) is 18.7. The minimum absolute atomic E-state index is 0.0103. The Morgan fingerprint density at radius 1 is 1.09 bits per heavy atom. The van der Waals surface area contributed by atoms with Gasteiger partial charge in [-0.1, -0.05) is 20.8 Å². The van der Waals surface area contributed by atoms with Crippen LogP contribution in [0.25, 0.3) is 0 Å². The molecule has 2 aromatic heterocycles. The highest BCUT2D eigenvalue weighted by molar-refractivity contribution is 5.91. The van der Waals surface area contributed by atoms with E-state index in [-0.39, 0.29) is 24.3 Å². The van der Waals surface area contributed by atoms with Crippen molar-refractivity contribution < 1.29 is 31.1 Å². The summed E-state index contributed by atoms with van der Waals surface area (Å²) in [6, 6.07) is 1.79. The Hall–Kier alpha value is -2.79. The molecule has 33 heavy (non-hydrogen) atoms. The molecule has 3 rings (SSSR count). The minimum Gasteiger partial charge on any atom is -0.364 e. The van der Waals surface area contributed by atoms with Gasteiger partial charge in [-0.05, 0) is 30.4 Å². The maximum Gasteiger partial charge on any atom is 0.433 e. The van der Waals surface area contributed by atoms with E-state index < -0.39 is 40.8 Å². The summed E-state index contributed by atoms with van der Waals surface area (Å²) in [7, 11) is 1.16. The average Bonchev–Trinajstić information content (AvgIpc) is 2.99. The number of carbonyl (C=O) groups excluding carboxylic acids is 1. The molecule has 3 heterocycles. The van der Waals surface area contributed by atoms with Crippen molar-refractivity contribution in [3.63, 3.8) is 0 Å². The van der Waals surface area contributed by atoms with Gasteiger partial charge in [0.2, 0.25) is 5.91 Å². The molecule has 0 unspecified atom stereocenters. The van der Waals surface area contributed by atoms with Gasteiger partial charge in [-0.25, -0.2) is 4.98 Å². The molecule has 0 aliphatic carbocycles. The Kier molecular flexibility index (Phi) is 6.42. The lowest BCUT2D eigenvalue weighted by atomic mass is 9.92. The van der Waals surface area contributed by atoms with Crippen LogP contribution in [0, 0.1) is 5.41 Å². The Bertz CT molecular complexity index is 1040. The first-order valence-corrected chi connectivity index (χ1v) is 10.3. The molecule has 0 bridgehead atoms. The number of carbonyl (C=O) groups is 1. The largest absolute Gasteiger partial charge is 0.433 e. The highest BCUT2D eigenvalue weighted by Crippen LogP contribution is 2.40. The predicted octanol–water partition coefficient (Wildman–Crippen LogP) is 5.18. The van der Waals surface area contributed by atoms with Crippen LogP contribution in [-0.2, 0) is 37.2 Å². The molecule has 1 N–H and O–H groups in total. The summed E-state index contributed by atoms with van der Waals surface area (Å²) in [5.41, 5.74) is -1.89. The summed E-state index contributed by atoms with van der Waals surface area (Å²) in [6.45, 7) is 5.59. The number of halogens is 6. The van der Waals surface area contributed by atoms with Gasteiger partial charge in [-0.3, -0.25) is 9.48 Å². The molecule has 0 fully saturated rings. The molecule has 6 nitrogen and oxygen atoms in total. The number of nitrogens with one attached hydrogen (secondary N) is 1. The summed E-state index contributed by atoms with van der Waals surface area (Å²) in [4.78, 5) is 17.9. The van der Waals surface area contributed by atoms with E-state index in [1.165, 1.54) is 4.90 Å². The molecule has 0 spiro atoms. The number of rotatable bonds is 4. The van der Waals surface area contributed by atoms with Gasteiger partial charge < -0.3 is 10.2 Å². The Balaban J connectivity index is 1.95. The number of hydrogen-bond donors (Lipinski definition) is 1. The highest BCUT2D eigenvalue weighted by atomic mass is 19.4. The molecule has 0 saturated heterocycles. The van der Waals surface area contributed by atoms with Gasteiger partial charge in [0, 0.05) is 20.0 Å². The third kappa shape index (κ3) is 5.97. The van der Waals surface area contributed by atoms with E-state index in [4.69, 9.17) is 0 Å². The summed E-state index contributed by atoms with van der Waals surface area (Å²) in [5, 5.41) is 6.15. The minimum atomic E-state index is -4.79. The molecule has 182 valence electrons. The van der Waals surface area contributed by atoms with Crippen molar-refractivity contribution in [2.24, 2.45) is 12.5 Å². The van der Waals surface area contributed by atoms with Crippen molar-refractivity contribution >= 4 is 17.4 Å². The molecule has 1 aliphatic rings. The van der Waals surface area contributed by atoms with Crippen LogP contribution < -0.4 is 10.2 Å². The van der Waals surface area contributed by atoms with Crippen LogP contribution >= 0.6 is 0 Å². The van der Waals surface area contributed by atoms with Crippen molar-refractivity contribution in [2.75, 3.05) is 16.8 Å². The van der Waals surface area contributed by atoms with Gasteiger partial charge in [0.25, 0.3) is 0 Å². The number of fused-ring (bicyclic) bond motifs is 1. The van der Waals surface area contributed by atoms with Crippen molar-refractivity contribution in [1.29, 1.82) is 0 Å². The summed E-state index contributed by atoms with van der Waals surface area (Å²) < 4.78 is 81.3. The molecule has 2 aromatic rings. The van der Waals surface area contributed by atoms with Gasteiger partial charge in [0.05, 0.1) is 23.6 Å². The average molecular weight is 477 g/mol. The Morgan fingerprint density at radius 2 is 1.76 bits per heavy atom. The smallest absolute Gasteiger partial charge is 0.364 e. The number of hydrogen-bond acceptors (Lipinski definition) is 4. The van der Waals surface area contributed by atoms with Gasteiger partial charge in [0.15, 0.2) is 0 Å². The molecule has 1 aliphatic heterocycles. The number of pyridine rings is 1. The van der Waals surface area contributed by atoms with Crippen LogP contribution in [0.2, 0.25) is 0 Å². The van der Waals surface area contributed by atoms with E-state index in [1.54, 1.807) is 20.8 Å². The fraction of sp³-hybridized carbons (Fsp3) is 0.571. The van der Waals surface area contributed by atoms with Crippen LogP contribution in [0.3, 0.4) is 0 Å². The van der Waals surface area contributed by atoms with Crippen LogP contribution in [0.4, 0.5) is 37.8 Å². The third-order valence-electron chi connectivity index (χ3n) is 5.09. The Labute approximate surface area is 187 Å². The van der Waals surface area contributed by atoms with Crippen LogP contribution in [0.5, 0.6) is 0 Å². The normalized spacial score (nSPS) is 14.9. The summed E-state index contributed by atoms with van der Waals surface area (Å²) in [6.07, 6.45) is -8.45. The first-order chi connectivity index (χ1) is 15.0. The van der Waals surface area contributed by atoms with Crippen molar-refractivity contribution in [2.45, 2.75) is 58.9 Å². The fourth-order valence-corrected chi connectivity index (χ4v) is 3.75. The molecule has 0 saturated carbocycles. The standard InChI is InChI=1S/C21H25F6N5O/c1-19(2,3)10-17(33)29-18-13(20(22,23)24)9-15-14(28-18)6-5-7-32(15)11-12-8-16(21(25,26)27)31(4)30-12/h8-9H,5-7,10-11H2,1-4H3,(H,28,29,33). The molecule has 12 heteroatoms. The topological polar surface area (TPSA) is 63.1 Å². The SMILES string of the molecule is Cn1nc(CN2CCCc3nc(NC(=O)CC(C)(C)C)c(C(F)(F)F)cc32)cc1C(F)(F)F. The number of aromatic nitrogens is 3. The molecule has 0 radical (unpaired) electrons. The third-order valence-corrected chi connectivity index (χ3v) is 5.09. The lowest BCUT2D eigenvalue weighted by Crippen LogP contribution is -2.31. The van der Waals surface area contributed by atoms with E-state index in [0.717, 1.165) is 19.2 Å². The number of anilines is 2. The van der Waals surface area contributed by atoms with Gasteiger partial charge >= 0.3 is 12.4 Å². The fourth-order valence-electron chi connectivity index (χ4n) is 3.75. The van der Waals surface area contributed by atoms with E-state index in [0.29, 0.717) is 29.8 Å². The number of alkyl halides is 6. The van der Waals surface area contributed by atoms with E-state index in [9.17, 15) is 31.1 Å². The summed E-state index contributed by atoms with van der Waals surface area (Å²) >= 11 is 0. The van der Waals surface area contributed by atoms with Crippen molar-refractivity contribution in [1.82, 2.24) is 14.8 Å². The zero-order chi connectivity index (χ0) is 24.8. The van der Waals surface area contributed by atoms with E-state index >= 15 is 0 Å². The van der Waals surface area contributed by atoms with Crippen molar-refractivity contribution in [3.05, 3.63) is 34.8 Å². The number of nitrogens with zero attached hydrogens (tertiary/aromatic N) is 4. The highest BCUT2D eigenvalue weighted by Gasteiger charge is 2.38. The van der Waals surface area contributed by atoms with E-state index in [1.807, 2.05) is 0 Å². The molecular formula is C21H25F6N5O.